The summed E-state index contributed by atoms with van der Waals surface area (Å²) in [6.45, 7) is 3.76. The van der Waals surface area contributed by atoms with Crippen LogP contribution in [0.25, 0.3) is 0 Å². The number of rotatable bonds is 5. The molecule has 0 aromatic heterocycles. The second-order valence-electron chi connectivity index (χ2n) is 6.68. The van der Waals surface area contributed by atoms with Gasteiger partial charge in [0, 0.05) is 5.02 Å². The Bertz CT molecular complexity index is 742. The van der Waals surface area contributed by atoms with E-state index in [1.807, 2.05) is 6.92 Å². The van der Waals surface area contributed by atoms with Crippen molar-refractivity contribution in [2.24, 2.45) is 0 Å². The van der Waals surface area contributed by atoms with Crippen LogP contribution in [0.5, 0.6) is 5.75 Å². The van der Waals surface area contributed by atoms with Crippen LogP contribution in [0.3, 0.4) is 0 Å². The molecule has 3 nitrogen and oxygen atoms in total. The van der Waals surface area contributed by atoms with Crippen LogP contribution in [0.15, 0.2) is 42.5 Å². The third kappa shape index (κ3) is 4.55. The summed E-state index contributed by atoms with van der Waals surface area (Å²) in [4.78, 5) is 12.4. The van der Waals surface area contributed by atoms with Crippen molar-refractivity contribution in [2.75, 3.05) is 0 Å². The minimum Gasteiger partial charge on any atom is -0.481 e. The fourth-order valence-electron chi connectivity index (χ4n) is 3.21. The first-order valence-electron chi connectivity index (χ1n) is 8.87. The molecule has 0 saturated carbocycles. The van der Waals surface area contributed by atoms with Gasteiger partial charge in [-0.1, -0.05) is 29.8 Å². The Hall–Kier alpha value is -2.00. The van der Waals surface area contributed by atoms with Crippen LogP contribution in [0.4, 0.5) is 0 Å². The summed E-state index contributed by atoms with van der Waals surface area (Å²) < 4.78 is 5.69. The van der Waals surface area contributed by atoms with Gasteiger partial charge in [0.1, 0.15) is 5.75 Å². The number of hydrogen-bond acceptors (Lipinski definition) is 2. The van der Waals surface area contributed by atoms with Gasteiger partial charge in [-0.3, -0.25) is 4.79 Å². The topological polar surface area (TPSA) is 38.3 Å². The van der Waals surface area contributed by atoms with E-state index in [9.17, 15) is 4.79 Å². The lowest BCUT2D eigenvalue weighted by Crippen LogP contribution is -2.37. The van der Waals surface area contributed by atoms with Crippen LogP contribution in [0, 0.1) is 0 Å². The molecular formula is C21H24ClNO2. The van der Waals surface area contributed by atoms with Gasteiger partial charge in [0.05, 0.1) is 6.04 Å². The Morgan fingerprint density at radius 2 is 1.72 bits per heavy atom. The van der Waals surface area contributed by atoms with Crippen molar-refractivity contribution in [3.63, 3.8) is 0 Å². The standard InChI is InChI=1S/C21H24ClNO2/c1-14(17-8-7-16-5-3-4-6-18(16)13-17)23-21(24)15(2)25-20-11-9-19(22)10-12-20/h7-15H,3-6H2,1-2H3,(H,23,24)/t14-,15-/m0/s1. The number of aryl methyl sites for hydroxylation is 2. The van der Waals surface area contributed by atoms with E-state index in [4.69, 9.17) is 16.3 Å². The van der Waals surface area contributed by atoms with E-state index in [1.54, 1.807) is 31.2 Å². The fourth-order valence-corrected chi connectivity index (χ4v) is 3.33. The monoisotopic (exact) mass is 357 g/mol. The average Bonchev–Trinajstić information content (AvgIpc) is 2.63. The van der Waals surface area contributed by atoms with E-state index < -0.39 is 6.10 Å². The molecule has 1 N–H and O–H groups in total. The second kappa shape index (κ2) is 7.92. The lowest BCUT2D eigenvalue weighted by molar-refractivity contribution is -0.127. The molecule has 3 rings (SSSR count). The fraction of sp³-hybridized carbons (Fsp3) is 0.381. The van der Waals surface area contributed by atoms with Gasteiger partial charge in [-0.2, -0.15) is 0 Å². The highest BCUT2D eigenvalue weighted by atomic mass is 35.5. The number of carbonyl (C=O) groups excluding carboxylic acids is 1. The number of hydrogen-bond donors (Lipinski definition) is 1. The average molecular weight is 358 g/mol. The molecule has 0 bridgehead atoms. The zero-order chi connectivity index (χ0) is 17.8. The molecule has 2 aromatic carbocycles. The van der Waals surface area contributed by atoms with Crippen molar-refractivity contribution in [3.05, 3.63) is 64.2 Å². The zero-order valence-electron chi connectivity index (χ0n) is 14.7. The Labute approximate surface area is 154 Å². The SMILES string of the molecule is C[C@H](Oc1ccc(Cl)cc1)C(=O)N[C@@H](C)c1ccc2c(c1)CCCC2. The van der Waals surface area contributed by atoms with Gasteiger partial charge < -0.3 is 10.1 Å². The van der Waals surface area contributed by atoms with Crippen LogP contribution in [0.1, 0.15) is 49.4 Å². The third-order valence-electron chi connectivity index (χ3n) is 4.73. The third-order valence-corrected chi connectivity index (χ3v) is 4.98. The van der Waals surface area contributed by atoms with Gasteiger partial charge in [0.2, 0.25) is 0 Å². The first kappa shape index (κ1) is 17.8. The predicted octanol–water partition coefficient (Wildman–Crippen LogP) is 4.86. The Morgan fingerprint density at radius 3 is 2.44 bits per heavy atom. The molecule has 0 radical (unpaired) electrons. The highest BCUT2D eigenvalue weighted by Gasteiger charge is 2.19. The molecule has 0 spiro atoms. The second-order valence-corrected chi connectivity index (χ2v) is 7.12. The number of amides is 1. The molecule has 1 aliphatic carbocycles. The smallest absolute Gasteiger partial charge is 0.261 e. The molecule has 2 aromatic rings. The van der Waals surface area contributed by atoms with Crippen molar-refractivity contribution in [1.29, 1.82) is 0 Å². The van der Waals surface area contributed by atoms with Crippen LogP contribution in [-0.4, -0.2) is 12.0 Å². The van der Waals surface area contributed by atoms with E-state index >= 15 is 0 Å². The molecule has 25 heavy (non-hydrogen) atoms. The van der Waals surface area contributed by atoms with Gasteiger partial charge in [-0.25, -0.2) is 0 Å². The number of halogens is 1. The maximum absolute atomic E-state index is 12.4. The molecule has 132 valence electrons. The van der Waals surface area contributed by atoms with Crippen molar-refractivity contribution < 1.29 is 9.53 Å². The number of ether oxygens (including phenoxy) is 1. The lowest BCUT2D eigenvalue weighted by Gasteiger charge is -2.21. The molecule has 0 heterocycles. The number of nitrogens with one attached hydrogen (secondary N) is 1. The summed E-state index contributed by atoms with van der Waals surface area (Å²) in [7, 11) is 0. The summed E-state index contributed by atoms with van der Waals surface area (Å²) in [6.07, 6.45) is 4.27. The van der Waals surface area contributed by atoms with Crippen molar-refractivity contribution in [1.82, 2.24) is 5.32 Å². The molecule has 1 aliphatic rings. The molecule has 0 unspecified atom stereocenters. The first-order chi connectivity index (χ1) is 12.0. The van der Waals surface area contributed by atoms with E-state index in [1.165, 1.54) is 30.4 Å². The summed E-state index contributed by atoms with van der Waals surface area (Å²) in [6, 6.07) is 13.5. The van der Waals surface area contributed by atoms with Crippen molar-refractivity contribution >= 4 is 17.5 Å². The summed E-state index contributed by atoms with van der Waals surface area (Å²) >= 11 is 5.86. The normalized spacial score (nSPS) is 15.8. The molecule has 1 amide bonds. The van der Waals surface area contributed by atoms with Crippen LogP contribution in [0.2, 0.25) is 5.02 Å². The maximum Gasteiger partial charge on any atom is 0.261 e. The van der Waals surface area contributed by atoms with Gasteiger partial charge in [-0.05, 0) is 80.5 Å². The predicted molar refractivity (Wildman–Crippen MR) is 101 cm³/mol. The highest BCUT2D eigenvalue weighted by molar-refractivity contribution is 6.30. The minimum absolute atomic E-state index is 0.0454. The number of carbonyl (C=O) groups is 1. The molecule has 0 fully saturated rings. The largest absolute Gasteiger partial charge is 0.481 e. The summed E-state index contributed by atoms with van der Waals surface area (Å²) in [5.74, 6) is 0.508. The maximum atomic E-state index is 12.4. The Morgan fingerprint density at radius 1 is 1.04 bits per heavy atom. The Kier molecular flexibility index (Phi) is 5.64. The molecule has 4 heteroatoms. The van der Waals surface area contributed by atoms with Gasteiger partial charge in [-0.15, -0.1) is 0 Å². The number of benzene rings is 2. The van der Waals surface area contributed by atoms with Crippen LogP contribution >= 0.6 is 11.6 Å². The first-order valence-corrected chi connectivity index (χ1v) is 9.25. The van der Waals surface area contributed by atoms with Crippen LogP contribution < -0.4 is 10.1 Å². The highest BCUT2D eigenvalue weighted by Crippen LogP contribution is 2.25. The van der Waals surface area contributed by atoms with Gasteiger partial charge in [0.15, 0.2) is 6.10 Å². The number of fused-ring (bicyclic) bond motifs is 1. The zero-order valence-corrected chi connectivity index (χ0v) is 15.5. The summed E-state index contributed by atoms with van der Waals surface area (Å²) in [5, 5.41) is 3.69. The Balaban J connectivity index is 1.60. The van der Waals surface area contributed by atoms with E-state index in [0.29, 0.717) is 10.8 Å². The van der Waals surface area contributed by atoms with E-state index in [0.717, 1.165) is 12.0 Å². The summed E-state index contributed by atoms with van der Waals surface area (Å²) in [5.41, 5.74) is 4.02. The minimum atomic E-state index is -0.568. The molecule has 0 saturated heterocycles. The van der Waals surface area contributed by atoms with Crippen molar-refractivity contribution in [3.8, 4) is 5.75 Å². The molecular weight excluding hydrogens is 334 g/mol. The van der Waals surface area contributed by atoms with E-state index in [2.05, 4.69) is 23.5 Å². The van der Waals surface area contributed by atoms with E-state index in [-0.39, 0.29) is 11.9 Å². The van der Waals surface area contributed by atoms with Gasteiger partial charge >= 0.3 is 0 Å². The molecule has 2 atom stereocenters. The lowest BCUT2D eigenvalue weighted by atomic mass is 9.89. The van der Waals surface area contributed by atoms with Gasteiger partial charge in [0.25, 0.3) is 5.91 Å². The molecule has 0 aliphatic heterocycles. The van der Waals surface area contributed by atoms with Crippen molar-refractivity contribution in [2.45, 2.75) is 51.7 Å². The van der Waals surface area contributed by atoms with Crippen LogP contribution in [-0.2, 0) is 17.6 Å². The quantitative estimate of drug-likeness (QED) is 0.829.